The number of hydrogen-bond donors (Lipinski definition) is 2. The van der Waals surface area contributed by atoms with Crippen molar-refractivity contribution in [3.8, 4) is 0 Å². The first kappa shape index (κ1) is 22.7. The van der Waals surface area contributed by atoms with Crippen molar-refractivity contribution >= 4 is 35.9 Å². The molecule has 0 aliphatic rings. The molecule has 0 unspecified atom stereocenters. The largest absolute Gasteiger partial charge is 0.463 e. The Balaban J connectivity index is 0. The predicted octanol–water partition coefficient (Wildman–Crippen LogP) is 1.93. The number of esters is 1. The van der Waals surface area contributed by atoms with Gasteiger partial charge in [-0.15, -0.1) is 24.0 Å². The van der Waals surface area contributed by atoms with Crippen LogP contribution in [0.1, 0.15) is 40.5 Å². The first-order chi connectivity index (χ1) is 9.60. The normalized spacial score (nSPS) is 11.0. The van der Waals surface area contributed by atoms with Crippen LogP contribution < -0.4 is 10.6 Å². The number of nitrogens with one attached hydrogen (secondary N) is 2. The second kappa shape index (κ2) is 15.8. The average Bonchev–Trinajstić information content (AvgIpc) is 2.37. The molecule has 0 aromatic heterocycles. The second-order valence-electron chi connectivity index (χ2n) is 4.53. The summed E-state index contributed by atoms with van der Waals surface area (Å²) in [5.74, 6) is 0.529. The van der Waals surface area contributed by atoms with Crippen molar-refractivity contribution in [3.05, 3.63) is 0 Å². The van der Waals surface area contributed by atoms with E-state index in [0.29, 0.717) is 19.5 Å². The highest BCUT2D eigenvalue weighted by atomic mass is 127. The lowest BCUT2D eigenvalue weighted by atomic mass is 10.4. The third-order valence-electron chi connectivity index (χ3n) is 2.25. The van der Waals surface area contributed by atoms with Gasteiger partial charge in [-0.1, -0.05) is 0 Å². The molecular formula is C14H30IN3O3. The van der Waals surface area contributed by atoms with Gasteiger partial charge in [0.2, 0.25) is 0 Å². The molecule has 6 nitrogen and oxygen atoms in total. The molecule has 0 amide bonds. The molecule has 0 aromatic rings. The van der Waals surface area contributed by atoms with E-state index in [2.05, 4.69) is 15.6 Å². The molecule has 0 atom stereocenters. The third-order valence-corrected chi connectivity index (χ3v) is 2.25. The van der Waals surface area contributed by atoms with Gasteiger partial charge in [-0.2, -0.15) is 0 Å². The molecule has 0 heterocycles. The summed E-state index contributed by atoms with van der Waals surface area (Å²) in [5.41, 5.74) is 0. The summed E-state index contributed by atoms with van der Waals surface area (Å²) in [7, 11) is 0. The van der Waals surface area contributed by atoms with E-state index in [-0.39, 0.29) is 36.0 Å². The van der Waals surface area contributed by atoms with Gasteiger partial charge < -0.3 is 20.1 Å². The van der Waals surface area contributed by atoms with Crippen molar-refractivity contribution in [2.24, 2.45) is 4.99 Å². The van der Waals surface area contributed by atoms with Crippen LogP contribution in [0.3, 0.4) is 0 Å². The Morgan fingerprint density at radius 2 is 1.95 bits per heavy atom. The van der Waals surface area contributed by atoms with Gasteiger partial charge in [-0.25, -0.2) is 0 Å². The summed E-state index contributed by atoms with van der Waals surface area (Å²) >= 11 is 0. The van der Waals surface area contributed by atoms with E-state index >= 15 is 0 Å². The Hall–Kier alpha value is -0.570. The molecule has 0 spiro atoms. The average molecular weight is 415 g/mol. The van der Waals surface area contributed by atoms with E-state index in [9.17, 15) is 4.79 Å². The number of aliphatic imine (C=N–C) groups is 1. The Morgan fingerprint density at radius 1 is 1.24 bits per heavy atom. The molecule has 0 saturated carbocycles. The van der Waals surface area contributed by atoms with Gasteiger partial charge in [-0.3, -0.25) is 9.79 Å². The Bertz CT molecular complexity index is 287. The van der Waals surface area contributed by atoms with Crippen molar-refractivity contribution in [2.75, 3.05) is 32.8 Å². The smallest absolute Gasteiger partial charge is 0.307 e. The number of ether oxygens (including phenoxy) is 2. The highest BCUT2D eigenvalue weighted by Crippen LogP contribution is 1.92. The molecule has 0 radical (unpaired) electrons. The Kier molecular flexibility index (Phi) is 17.1. The van der Waals surface area contributed by atoms with E-state index in [1.54, 1.807) is 0 Å². The maximum absolute atomic E-state index is 11.4. The van der Waals surface area contributed by atoms with Gasteiger partial charge in [0, 0.05) is 32.8 Å². The maximum atomic E-state index is 11.4. The molecule has 0 saturated heterocycles. The topological polar surface area (TPSA) is 72.0 Å². The van der Waals surface area contributed by atoms with Gasteiger partial charge in [0.1, 0.15) is 0 Å². The molecule has 0 bridgehead atoms. The maximum Gasteiger partial charge on any atom is 0.307 e. The number of nitrogens with zero attached hydrogens (tertiary/aromatic N) is 1. The van der Waals surface area contributed by atoms with Crippen LogP contribution >= 0.6 is 24.0 Å². The Labute approximate surface area is 145 Å². The summed E-state index contributed by atoms with van der Waals surface area (Å²) in [6.45, 7) is 11.1. The summed E-state index contributed by atoms with van der Waals surface area (Å²) in [4.78, 5) is 15.8. The van der Waals surface area contributed by atoms with Crippen LogP contribution in [0.5, 0.6) is 0 Å². The fourth-order valence-electron chi connectivity index (χ4n) is 1.45. The molecule has 21 heavy (non-hydrogen) atoms. The quantitative estimate of drug-likeness (QED) is 0.188. The van der Waals surface area contributed by atoms with E-state index in [1.807, 2.05) is 27.7 Å². The molecule has 0 aromatic carbocycles. The summed E-state index contributed by atoms with van der Waals surface area (Å²) in [6.07, 6.45) is 1.16. The molecule has 0 rings (SSSR count). The van der Waals surface area contributed by atoms with Gasteiger partial charge >= 0.3 is 5.97 Å². The van der Waals surface area contributed by atoms with Crippen LogP contribution in [0.25, 0.3) is 0 Å². The number of carbonyl (C=O) groups excluding carboxylic acids is 1. The summed E-state index contributed by atoms with van der Waals surface area (Å²) < 4.78 is 10.3. The molecule has 0 fully saturated rings. The van der Waals surface area contributed by atoms with Crippen molar-refractivity contribution in [2.45, 2.75) is 46.6 Å². The molecule has 126 valence electrons. The van der Waals surface area contributed by atoms with Crippen LogP contribution in [0.15, 0.2) is 4.99 Å². The molecule has 7 heteroatoms. The van der Waals surface area contributed by atoms with Gasteiger partial charge in [0.05, 0.1) is 12.5 Å². The van der Waals surface area contributed by atoms with Crippen LogP contribution in [0, 0.1) is 0 Å². The molecule has 2 N–H and O–H groups in total. The molecular weight excluding hydrogens is 385 g/mol. The summed E-state index contributed by atoms with van der Waals surface area (Å²) in [5, 5.41) is 6.25. The summed E-state index contributed by atoms with van der Waals surface area (Å²) in [6, 6.07) is 0. The van der Waals surface area contributed by atoms with E-state index in [1.165, 1.54) is 0 Å². The minimum absolute atomic E-state index is 0. The SMILES string of the molecule is CCNC(=NCCCOCC)NCCC(=O)OC(C)C.I. The van der Waals surface area contributed by atoms with Crippen LogP contribution in [0.4, 0.5) is 0 Å². The van der Waals surface area contributed by atoms with E-state index in [4.69, 9.17) is 9.47 Å². The number of rotatable bonds is 10. The second-order valence-corrected chi connectivity index (χ2v) is 4.53. The lowest BCUT2D eigenvalue weighted by Crippen LogP contribution is -2.38. The number of hydrogen-bond acceptors (Lipinski definition) is 4. The Morgan fingerprint density at radius 3 is 2.52 bits per heavy atom. The van der Waals surface area contributed by atoms with Crippen molar-refractivity contribution in [3.63, 3.8) is 0 Å². The fraction of sp³-hybridized carbons (Fsp3) is 0.857. The highest BCUT2D eigenvalue weighted by molar-refractivity contribution is 14.0. The lowest BCUT2D eigenvalue weighted by Gasteiger charge is -2.12. The number of carbonyl (C=O) groups is 1. The van der Waals surface area contributed by atoms with Crippen molar-refractivity contribution in [1.29, 1.82) is 0 Å². The predicted molar refractivity (Wildman–Crippen MR) is 96.4 cm³/mol. The third kappa shape index (κ3) is 15.6. The number of guanidine groups is 1. The van der Waals surface area contributed by atoms with E-state index < -0.39 is 0 Å². The molecule has 0 aliphatic carbocycles. The van der Waals surface area contributed by atoms with E-state index in [0.717, 1.165) is 32.1 Å². The van der Waals surface area contributed by atoms with Crippen molar-refractivity contribution < 1.29 is 14.3 Å². The minimum atomic E-state index is -0.195. The van der Waals surface area contributed by atoms with Crippen LogP contribution in [-0.2, 0) is 14.3 Å². The first-order valence-electron chi connectivity index (χ1n) is 7.39. The zero-order valence-electron chi connectivity index (χ0n) is 13.6. The number of halogens is 1. The zero-order chi connectivity index (χ0) is 15.2. The van der Waals surface area contributed by atoms with Crippen molar-refractivity contribution in [1.82, 2.24) is 10.6 Å². The minimum Gasteiger partial charge on any atom is -0.463 e. The van der Waals surface area contributed by atoms with Crippen LogP contribution in [0.2, 0.25) is 0 Å². The lowest BCUT2D eigenvalue weighted by molar-refractivity contribution is -0.147. The molecule has 0 aliphatic heterocycles. The highest BCUT2D eigenvalue weighted by Gasteiger charge is 2.05. The van der Waals surface area contributed by atoms with Gasteiger partial charge in [-0.05, 0) is 34.1 Å². The zero-order valence-corrected chi connectivity index (χ0v) is 15.9. The van der Waals surface area contributed by atoms with Gasteiger partial charge in [0.15, 0.2) is 5.96 Å². The van der Waals surface area contributed by atoms with Gasteiger partial charge in [0.25, 0.3) is 0 Å². The first-order valence-corrected chi connectivity index (χ1v) is 7.39. The fourth-order valence-corrected chi connectivity index (χ4v) is 1.45. The monoisotopic (exact) mass is 415 g/mol. The standard InChI is InChI=1S/C14H29N3O3.HI/c1-5-15-14(16-9-7-11-19-6-2)17-10-8-13(18)20-12(3)4;/h12H,5-11H2,1-4H3,(H2,15,16,17);1H. The van der Waals surface area contributed by atoms with Crippen LogP contribution in [-0.4, -0.2) is 50.9 Å².